The molecule has 0 radical (unpaired) electrons. The van der Waals surface area contributed by atoms with E-state index in [4.69, 9.17) is 9.84 Å². The number of fused-ring (bicyclic) bond motifs is 1. The maximum absolute atomic E-state index is 11.1. The Morgan fingerprint density at radius 2 is 2.27 bits per heavy atom. The molecule has 0 spiro atoms. The summed E-state index contributed by atoms with van der Waals surface area (Å²) in [4.78, 5) is 21.5. The van der Waals surface area contributed by atoms with Crippen LogP contribution in [0.3, 0.4) is 0 Å². The fourth-order valence-corrected chi connectivity index (χ4v) is 1.69. The topological polar surface area (TPSA) is 63.6 Å². The van der Waals surface area contributed by atoms with Gasteiger partial charge in [-0.1, -0.05) is 12.1 Å². The molecular formula is C11H10O4. The highest BCUT2D eigenvalue weighted by molar-refractivity contribution is 5.81. The predicted octanol–water partition coefficient (Wildman–Crippen LogP) is 1.17. The zero-order valence-electron chi connectivity index (χ0n) is 8.03. The summed E-state index contributed by atoms with van der Waals surface area (Å²) in [6.07, 6.45) is 0.769. The van der Waals surface area contributed by atoms with Gasteiger partial charge >= 0.3 is 11.9 Å². The Balaban J connectivity index is 2.22. The van der Waals surface area contributed by atoms with E-state index in [-0.39, 0.29) is 18.8 Å². The Morgan fingerprint density at radius 3 is 3.00 bits per heavy atom. The quantitative estimate of drug-likeness (QED) is 0.595. The molecule has 1 N–H and O–H groups in total. The van der Waals surface area contributed by atoms with E-state index in [1.54, 1.807) is 12.1 Å². The molecule has 1 aromatic rings. The lowest BCUT2D eigenvalue weighted by atomic mass is 10.0. The number of carbonyl (C=O) groups is 2. The Morgan fingerprint density at radius 1 is 1.47 bits per heavy atom. The van der Waals surface area contributed by atoms with Crippen molar-refractivity contribution in [2.24, 2.45) is 0 Å². The van der Waals surface area contributed by atoms with E-state index in [2.05, 4.69) is 0 Å². The van der Waals surface area contributed by atoms with Gasteiger partial charge in [0.2, 0.25) is 0 Å². The lowest BCUT2D eigenvalue weighted by Crippen LogP contribution is -2.01. The van der Waals surface area contributed by atoms with Crippen LogP contribution in [0.15, 0.2) is 18.2 Å². The van der Waals surface area contributed by atoms with Crippen molar-refractivity contribution in [3.8, 4) is 5.75 Å². The third-order valence-corrected chi connectivity index (χ3v) is 2.38. The normalized spacial score (nSPS) is 13.5. The van der Waals surface area contributed by atoms with Gasteiger partial charge in [-0.3, -0.25) is 9.59 Å². The number of carboxylic acids is 1. The van der Waals surface area contributed by atoms with Crippen LogP contribution in [-0.4, -0.2) is 17.0 Å². The number of carboxylic acid groups (broad SMARTS) is 1. The van der Waals surface area contributed by atoms with Crippen LogP contribution in [0.25, 0.3) is 0 Å². The molecule has 0 unspecified atom stereocenters. The Labute approximate surface area is 86.5 Å². The summed E-state index contributed by atoms with van der Waals surface area (Å²) in [5.41, 5.74) is 1.73. The lowest BCUT2D eigenvalue weighted by molar-refractivity contribution is -0.137. The third kappa shape index (κ3) is 1.98. The maximum Gasteiger partial charge on any atom is 0.315 e. The highest BCUT2D eigenvalue weighted by Crippen LogP contribution is 2.29. The molecule has 4 heteroatoms. The number of ether oxygens (including phenoxy) is 1. The van der Waals surface area contributed by atoms with Gasteiger partial charge in [0.25, 0.3) is 0 Å². The number of hydrogen-bond acceptors (Lipinski definition) is 3. The van der Waals surface area contributed by atoms with Crippen molar-refractivity contribution in [3.05, 3.63) is 29.3 Å². The van der Waals surface area contributed by atoms with Crippen LogP contribution < -0.4 is 4.74 Å². The second-order valence-corrected chi connectivity index (χ2v) is 3.44. The third-order valence-electron chi connectivity index (χ3n) is 2.38. The average Bonchev–Trinajstić information content (AvgIpc) is 2.55. The summed E-state index contributed by atoms with van der Waals surface area (Å²) in [7, 11) is 0. The van der Waals surface area contributed by atoms with Crippen LogP contribution in [-0.2, 0) is 22.4 Å². The molecule has 78 valence electrons. The summed E-state index contributed by atoms with van der Waals surface area (Å²) in [5.74, 6) is -0.534. The molecule has 1 heterocycles. The molecular weight excluding hydrogens is 196 g/mol. The fourth-order valence-electron chi connectivity index (χ4n) is 1.69. The van der Waals surface area contributed by atoms with E-state index >= 15 is 0 Å². The van der Waals surface area contributed by atoms with Gasteiger partial charge in [-0.15, -0.1) is 0 Å². The van der Waals surface area contributed by atoms with Crippen molar-refractivity contribution < 1.29 is 19.4 Å². The summed E-state index contributed by atoms with van der Waals surface area (Å²) < 4.78 is 4.97. The first-order valence-corrected chi connectivity index (χ1v) is 4.70. The average molecular weight is 206 g/mol. The van der Waals surface area contributed by atoms with Gasteiger partial charge in [0.1, 0.15) is 5.75 Å². The number of carbonyl (C=O) groups excluding carboxylic acids is 1. The SMILES string of the molecule is O=C(O)CCc1cccc2c1CC(=O)O2. The van der Waals surface area contributed by atoms with E-state index in [0.29, 0.717) is 12.2 Å². The zero-order valence-corrected chi connectivity index (χ0v) is 8.03. The first-order valence-electron chi connectivity index (χ1n) is 4.70. The molecule has 0 fully saturated rings. The van der Waals surface area contributed by atoms with Gasteiger partial charge in [-0.25, -0.2) is 0 Å². The fraction of sp³-hybridized carbons (Fsp3) is 0.273. The highest BCUT2D eigenvalue weighted by atomic mass is 16.5. The largest absolute Gasteiger partial charge is 0.481 e. The van der Waals surface area contributed by atoms with Gasteiger partial charge in [-0.2, -0.15) is 0 Å². The molecule has 2 rings (SSSR count). The molecule has 15 heavy (non-hydrogen) atoms. The van der Waals surface area contributed by atoms with Crippen molar-refractivity contribution in [3.63, 3.8) is 0 Å². The standard InChI is InChI=1S/C11H10O4/c12-10(13)5-4-7-2-1-3-9-8(7)6-11(14)15-9/h1-3H,4-6H2,(H,12,13). The lowest BCUT2D eigenvalue weighted by Gasteiger charge is -2.03. The van der Waals surface area contributed by atoms with E-state index in [1.165, 1.54) is 0 Å². The molecule has 0 aliphatic carbocycles. The van der Waals surface area contributed by atoms with Crippen LogP contribution in [0.5, 0.6) is 5.75 Å². The minimum atomic E-state index is -0.835. The van der Waals surface area contributed by atoms with Crippen LogP contribution in [0.4, 0.5) is 0 Å². The minimum absolute atomic E-state index is 0.0741. The Kier molecular flexibility index (Phi) is 2.41. The Hall–Kier alpha value is -1.84. The van der Waals surface area contributed by atoms with E-state index in [9.17, 15) is 9.59 Å². The second kappa shape index (κ2) is 3.73. The molecule has 0 atom stereocenters. The predicted molar refractivity (Wildman–Crippen MR) is 51.7 cm³/mol. The van der Waals surface area contributed by atoms with E-state index in [0.717, 1.165) is 11.1 Å². The van der Waals surface area contributed by atoms with Gasteiger partial charge in [0.05, 0.1) is 6.42 Å². The van der Waals surface area contributed by atoms with E-state index < -0.39 is 5.97 Å². The molecule has 1 aromatic carbocycles. The summed E-state index contributed by atoms with van der Waals surface area (Å²) >= 11 is 0. The van der Waals surface area contributed by atoms with Crippen LogP contribution in [0.2, 0.25) is 0 Å². The monoisotopic (exact) mass is 206 g/mol. The molecule has 4 nitrogen and oxygen atoms in total. The molecule has 0 amide bonds. The zero-order chi connectivity index (χ0) is 10.8. The summed E-state index contributed by atoms with van der Waals surface area (Å²) in [6.45, 7) is 0. The van der Waals surface area contributed by atoms with Crippen LogP contribution >= 0.6 is 0 Å². The summed E-state index contributed by atoms with van der Waals surface area (Å²) in [6, 6.07) is 5.34. The van der Waals surface area contributed by atoms with Crippen LogP contribution in [0, 0.1) is 0 Å². The molecule has 0 aromatic heterocycles. The van der Waals surface area contributed by atoms with Gasteiger partial charge in [-0.05, 0) is 18.1 Å². The first-order chi connectivity index (χ1) is 7.16. The highest BCUT2D eigenvalue weighted by Gasteiger charge is 2.22. The van der Waals surface area contributed by atoms with Gasteiger partial charge in [0.15, 0.2) is 0 Å². The number of aryl methyl sites for hydroxylation is 1. The molecule has 0 saturated heterocycles. The van der Waals surface area contributed by atoms with Crippen molar-refractivity contribution in [1.29, 1.82) is 0 Å². The maximum atomic E-state index is 11.1. The number of benzene rings is 1. The van der Waals surface area contributed by atoms with Crippen molar-refractivity contribution in [2.45, 2.75) is 19.3 Å². The molecule has 1 aliphatic heterocycles. The minimum Gasteiger partial charge on any atom is -0.481 e. The van der Waals surface area contributed by atoms with Crippen molar-refractivity contribution in [2.75, 3.05) is 0 Å². The molecule has 0 bridgehead atoms. The van der Waals surface area contributed by atoms with Gasteiger partial charge in [0, 0.05) is 12.0 Å². The number of rotatable bonds is 3. The molecule has 1 aliphatic rings. The molecule has 0 saturated carbocycles. The number of hydrogen-bond donors (Lipinski definition) is 1. The van der Waals surface area contributed by atoms with Gasteiger partial charge < -0.3 is 9.84 Å². The number of esters is 1. The van der Waals surface area contributed by atoms with Crippen molar-refractivity contribution >= 4 is 11.9 Å². The summed E-state index contributed by atoms with van der Waals surface area (Å²) in [5, 5.41) is 8.58. The number of aliphatic carboxylic acids is 1. The van der Waals surface area contributed by atoms with Crippen LogP contribution in [0.1, 0.15) is 17.5 Å². The Bertz CT molecular complexity index is 423. The smallest absolute Gasteiger partial charge is 0.315 e. The first kappa shape index (κ1) is 9.71. The van der Waals surface area contributed by atoms with Crippen molar-refractivity contribution in [1.82, 2.24) is 0 Å². The second-order valence-electron chi connectivity index (χ2n) is 3.44. The van der Waals surface area contributed by atoms with E-state index in [1.807, 2.05) is 6.07 Å².